The van der Waals surface area contributed by atoms with Crippen molar-refractivity contribution in [1.82, 2.24) is 0 Å². The third kappa shape index (κ3) is 3.47. The summed E-state index contributed by atoms with van der Waals surface area (Å²) in [4.78, 5) is 12.0. The molecular formula is C11H15NO2S. The topological polar surface area (TPSA) is 52.3 Å². The Kier molecular flexibility index (Phi) is 4.49. The average Bonchev–Trinajstić information content (AvgIpc) is 2.22. The fourth-order valence-corrected chi connectivity index (χ4v) is 2.21. The normalized spacial score (nSPS) is 10.0. The maximum absolute atomic E-state index is 10.9. The fraction of sp³-hybridized carbons (Fsp3) is 0.364. The number of thioether (sulfide) groups is 1. The van der Waals surface area contributed by atoms with E-state index >= 15 is 0 Å². The molecule has 3 nitrogen and oxygen atoms in total. The minimum Gasteiger partial charge on any atom is -0.469 e. The predicted octanol–water partition coefficient (Wildman–Crippen LogP) is 2.23. The minimum absolute atomic E-state index is 0.186. The van der Waals surface area contributed by atoms with Gasteiger partial charge in [-0.2, -0.15) is 0 Å². The van der Waals surface area contributed by atoms with Gasteiger partial charge in [-0.1, -0.05) is 12.1 Å². The van der Waals surface area contributed by atoms with E-state index in [1.807, 2.05) is 25.1 Å². The van der Waals surface area contributed by atoms with Crippen molar-refractivity contribution in [1.29, 1.82) is 0 Å². The molecule has 0 aromatic heterocycles. The molecule has 0 fully saturated rings. The van der Waals surface area contributed by atoms with Crippen LogP contribution in [-0.4, -0.2) is 18.8 Å². The number of hydrogen-bond acceptors (Lipinski definition) is 4. The van der Waals surface area contributed by atoms with Crippen LogP contribution in [0.5, 0.6) is 0 Å². The van der Waals surface area contributed by atoms with Crippen LogP contribution in [0.3, 0.4) is 0 Å². The van der Waals surface area contributed by atoms with Crippen molar-refractivity contribution in [2.75, 3.05) is 18.6 Å². The van der Waals surface area contributed by atoms with Crippen LogP contribution in [0, 0.1) is 6.92 Å². The third-order valence-electron chi connectivity index (χ3n) is 2.02. The Bertz CT molecular complexity index is 332. The number of ether oxygens (including phenoxy) is 1. The van der Waals surface area contributed by atoms with Gasteiger partial charge in [-0.05, 0) is 18.6 Å². The van der Waals surface area contributed by atoms with Gasteiger partial charge < -0.3 is 10.5 Å². The third-order valence-corrected chi connectivity index (χ3v) is 3.28. The number of anilines is 1. The molecule has 0 aliphatic rings. The largest absolute Gasteiger partial charge is 0.469 e. The molecule has 1 aromatic carbocycles. The molecular weight excluding hydrogens is 210 g/mol. The van der Waals surface area contributed by atoms with Gasteiger partial charge in [0.05, 0.1) is 13.5 Å². The van der Waals surface area contributed by atoms with Crippen molar-refractivity contribution in [2.24, 2.45) is 0 Å². The molecule has 0 saturated heterocycles. The van der Waals surface area contributed by atoms with Gasteiger partial charge in [0.15, 0.2) is 0 Å². The number of benzene rings is 1. The van der Waals surface area contributed by atoms with Crippen LogP contribution in [-0.2, 0) is 9.53 Å². The second kappa shape index (κ2) is 5.66. The number of hydrogen-bond donors (Lipinski definition) is 1. The Morgan fingerprint density at radius 1 is 1.53 bits per heavy atom. The van der Waals surface area contributed by atoms with E-state index in [1.54, 1.807) is 11.8 Å². The molecule has 0 spiro atoms. The lowest BCUT2D eigenvalue weighted by molar-refractivity contribution is -0.140. The summed E-state index contributed by atoms with van der Waals surface area (Å²) in [5.41, 5.74) is 7.75. The second-order valence-electron chi connectivity index (χ2n) is 3.17. The lowest BCUT2D eigenvalue weighted by Gasteiger charge is -2.07. The second-order valence-corrected chi connectivity index (χ2v) is 4.27. The maximum atomic E-state index is 10.9. The molecule has 2 N–H and O–H groups in total. The Labute approximate surface area is 94.0 Å². The van der Waals surface area contributed by atoms with E-state index in [0.29, 0.717) is 12.2 Å². The first-order chi connectivity index (χ1) is 7.15. The van der Waals surface area contributed by atoms with E-state index in [9.17, 15) is 4.79 Å². The zero-order chi connectivity index (χ0) is 11.3. The van der Waals surface area contributed by atoms with Crippen LogP contribution in [0.15, 0.2) is 23.1 Å². The first-order valence-corrected chi connectivity index (χ1v) is 5.68. The maximum Gasteiger partial charge on any atom is 0.306 e. The number of esters is 1. The molecule has 0 saturated carbocycles. The standard InChI is InChI=1S/C11H15NO2S/c1-8-4-3-5-9(12)11(8)15-7-6-10(13)14-2/h3-5H,6-7,12H2,1-2H3. The Balaban J connectivity index is 2.54. The number of methoxy groups -OCH3 is 1. The van der Waals surface area contributed by atoms with Gasteiger partial charge in [0.2, 0.25) is 0 Å². The van der Waals surface area contributed by atoms with Gasteiger partial charge in [-0.3, -0.25) is 4.79 Å². The van der Waals surface area contributed by atoms with E-state index in [1.165, 1.54) is 7.11 Å². The van der Waals surface area contributed by atoms with Crippen molar-refractivity contribution in [2.45, 2.75) is 18.2 Å². The zero-order valence-electron chi connectivity index (χ0n) is 8.95. The van der Waals surface area contributed by atoms with Crippen molar-refractivity contribution < 1.29 is 9.53 Å². The monoisotopic (exact) mass is 225 g/mol. The highest BCUT2D eigenvalue weighted by molar-refractivity contribution is 7.99. The summed E-state index contributed by atoms with van der Waals surface area (Å²) in [5.74, 6) is 0.511. The van der Waals surface area contributed by atoms with E-state index in [-0.39, 0.29) is 5.97 Å². The van der Waals surface area contributed by atoms with E-state index in [0.717, 1.165) is 16.1 Å². The molecule has 0 heterocycles. The first kappa shape index (κ1) is 11.9. The number of rotatable bonds is 4. The van der Waals surface area contributed by atoms with E-state index < -0.39 is 0 Å². The quantitative estimate of drug-likeness (QED) is 0.485. The molecule has 82 valence electrons. The summed E-state index contributed by atoms with van der Waals surface area (Å²) in [6.07, 6.45) is 0.412. The Morgan fingerprint density at radius 3 is 2.87 bits per heavy atom. The highest BCUT2D eigenvalue weighted by Gasteiger charge is 2.05. The van der Waals surface area contributed by atoms with Crippen LogP contribution >= 0.6 is 11.8 Å². The van der Waals surface area contributed by atoms with Crippen LogP contribution in [0.25, 0.3) is 0 Å². The highest BCUT2D eigenvalue weighted by Crippen LogP contribution is 2.28. The first-order valence-electron chi connectivity index (χ1n) is 4.70. The minimum atomic E-state index is -0.186. The molecule has 0 amide bonds. The molecule has 0 bridgehead atoms. The van der Waals surface area contributed by atoms with Crippen LogP contribution in [0.4, 0.5) is 5.69 Å². The molecule has 1 aromatic rings. The van der Waals surface area contributed by atoms with Gasteiger partial charge in [-0.15, -0.1) is 11.8 Å². The lowest BCUT2D eigenvalue weighted by atomic mass is 10.2. The fourth-order valence-electron chi connectivity index (χ4n) is 1.21. The van der Waals surface area contributed by atoms with Gasteiger partial charge >= 0.3 is 5.97 Å². The summed E-state index contributed by atoms with van der Waals surface area (Å²) >= 11 is 1.59. The summed E-state index contributed by atoms with van der Waals surface area (Å²) in [5, 5.41) is 0. The van der Waals surface area contributed by atoms with Crippen LogP contribution in [0.1, 0.15) is 12.0 Å². The van der Waals surface area contributed by atoms with Crippen molar-refractivity contribution in [3.63, 3.8) is 0 Å². The zero-order valence-corrected chi connectivity index (χ0v) is 9.76. The van der Waals surface area contributed by atoms with Crippen molar-refractivity contribution in [3.05, 3.63) is 23.8 Å². The molecule has 0 radical (unpaired) electrons. The molecule has 0 aliphatic carbocycles. The smallest absolute Gasteiger partial charge is 0.306 e. The van der Waals surface area contributed by atoms with Crippen molar-refractivity contribution in [3.8, 4) is 0 Å². The Morgan fingerprint density at radius 2 is 2.27 bits per heavy atom. The van der Waals surface area contributed by atoms with Crippen LogP contribution < -0.4 is 5.73 Å². The number of carbonyl (C=O) groups is 1. The van der Waals surface area contributed by atoms with Gasteiger partial charge in [0.1, 0.15) is 0 Å². The number of nitrogens with two attached hydrogens (primary N) is 1. The molecule has 1 rings (SSSR count). The van der Waals surface area contributed by atoms with Crippen LogP contribution in [0.2, 0.25) is 0 Å². The Hall–Kier alpha value is -1.16. The molecule has 0 unspecified atom stereocenters. The number of carbonyl (C=O) groups excluding carboxylic acids is 1. The summed E-state index contributed by atoms with van der Waals surface area (Å²) < 4.78 is 4.57. The average molecular weight is 225 g/mol. The summed E-state index contributed by atoms with van der Waals surface area (Å²) in [6.45, 7) is 2.01. The summed E-state index contributed by atoms with van der Waals surface area (Å²) in [6, 6.07) is 5.80. The molecule has 15 heavy (non-hydrogen) atoms. The number of aryl methyl sites for hydroxylation is 1. The molecule has 0 atom stereocenters. The van der Waals surface area contributed by atoms with Crippen molar-refractivity contribution >= 4 is 23.4 Å². The van der Waals surface area contributed by atoms with Gasteiger partial charge in [-0.25, -0.2) is 0 Å². The van der Waals surface area contributed by atoms with Gasteiger partial charge in [0, 0.05) is 16.3 Å². The molecule has 0 aliphatic heterocycles. The van der Waals surface area contributed by atoms with E-state index in [2.05, 4.69) is 4.74 Å². The molecule has 4 heteroatoms. The summed E-state index contributed by atoms with van der Waals surface area (Å²) in [7, 11) is 1.40. The highest BCUT2D eigenvalue weighted by atomic mass is 32.2. The number of nitrogen functional groups attached to an aromatic ring is 1. The lowest BCUT2D eigenvalue weighted by Crippen LogP contribution is -2.01. The SMILES string of the molecule is COC(=O)CCSc1c(C)cccc1N. The predicted molar refractivity (Wildman–Crippen MR) is 62.9 cm³/mol. The van der Waals surface area contributed by atoms with Gasteiger partial charge in [0.25, 0.3) is 0 Å². The van der Waals surface area contributed by atoms with E-state index in [4.69, 9.17) is 5.73 Å².